The van der Waals surface area contributed by atoms with Gasteiger partial charge in [0.1, 0.15) is 12.6 Å². The van der Waals surface area contributed by atoms with Crippen molar-refractivity contribution >= 4 is 35.1 Å². The lowest BCUT2D eigenvalue weighted by Gasteiger charge is -2.27. The fourth-order valence-corrected chi connectivity index (χ4v) is 3.39. The first-order valence-electron chi connectivity index (χ1n) is 11.0. The van der Waals surface area contributed by atoms with Gasteiger partial charge in [-0.15, -0.1) is 0 Å². The lowest BCUT2D eigenvalue weighted by Crippen LogP contribution is -2.44. The fraction of sp³-hybridized carbons (Fsp3) is 0.348. The third kappa shape index (κ3) is 7.40. The Hall–Kier alpha value is -4.19. The first kappa shape index (κ1) is 25.4. The maximum absolute atomic E-state index is 13.0. The molecule has 3 amide bonds. The van der Waals surface area contributed by atoms with Crippen molar-refractivity contribution in [3.63, 3.8) is 0 Å². The number of nitrogens with one attached hydrogen (secondary N) is 2. The van der Waals surface area contributed by atoms with E-state index in [1.165, 1.54) is 13.3 Å². The summed E-state index contributed by atoms with van der Waals surface area (Å²) in [4.78, 5) is 47.3. The van der Waals surface area contributed by atoms with Gasteiger partial charge < -0.3 is 36.5 Å². The third-order valence-electron chi connectivity index (χ3n) is 5.21. The van der Waals surface area contributed by atoms with E-state index < -0.39 is 17.9 Å². The number of nitrogens with zero attached hydrogens (tertiary/aromatic N) is 3. The number of rotatable bonds is 10. The molecular weight excluding hydrogens is 454 g/mol. The summed E-state index contributed by atoms with van der Waals surface area (Å²) < 4.78 is 10.2. The summed E-state index contributed by atoms with van der Waals surface area (Å²) in [6.45, 7) is 1.29. The van der Waals surface area contributed by atoms with E-state index in [9.17, 15) is 14.4 Å². The van der Waals surface area contributed by atoms with E-state index in [-0.39, 0.29) is 24.0 Å². The minimum absolute atomic E-state index is 0.0433. The zero-order valence-electron chi connectivity index (χ0n) is 19.4. The Labute approximate surface area is 202 Å². The normalized spacial score (nSPS) is 14.1. The van der Waals surface area contributed by atoms with E-state index in [1.54, 1.807) is 41.3 Å². The SMILES string of the molecule is COc1ccc(C(=O)N[C@@H](CCCN=C(N)N)C(=O)Nc2ccc(N3CCOCC3=O)cc2)cn1. The molecule has 0 radical (unpaired) electrons. The Kier molecular flexibility index (Phi) is 8.95. The molecule has 0 aliphatic carbocycles. The highest BCUT2D eigenvalue weighted by Crippen LogP contribution is 2.20. The number of pyridine rings is 1. The number of carbonyl (C=O) groups excluding carboxylic acids is 3. The Morgan fingerprint density at radius 2 is 2.00 bits per heavy atom. The molecule has 0 unspecified atom stereocenters. The molecular formula is C23H29N7O5. The molecule has 1 aromatic heterocycles. The molecule has 0 saturated carbocycles. The summed E-state index contributed by atoms with van der Waals surface area (Å²) in [6, 6.07) is 9.15. The van der Waals surface area contributed by atoms with E-state index >= 15 is 0 Å². The van der Waals surface area contributed by atoms with Crippen molar-refractivity contribution in [3.05, 3.63) is 48.2 Å². The Morgan fingerprint density at radius 1 is 1.23 bits per heavy atom. The number of morpholine rings is 1. The van der Waals surface area contributed by atoms with Crippen LogP contribution in [-0.4, -0.2) is 68.1 Å². The predicted molar refractivity (Wildman–Crippen MR) is 130 cm³/mol. The summed E-state index contributed by atoms with van der Waals surface area (Å²) in [5.74, 6) is -0.652. The van der Waals surface area contributed by atoms with Crippen molar-refractivity contribution in [2.45, 2.75) is 18.9 Å². The van der Waals surface area contributed by atoms with Gasteiger partial charge in [0.25, 0.3) is 11.8 Å². The van der Waals surface area contributed by atoms with Crippen LogP contribution in [0.5, 0.6) is 5.88 Å². The first-order valence-corrected chi connectivity index (χ1v) is 11.0. The Morgan fingerprint density at radius 3 is 2.63 bits per heavy atom. The van der Waals surface area contributed by atoms with Crippen LogP contribution in [0.2, 0.25) is 0 Å². The maximum Gasteiger partial charge on any atom is 0.253 e. The predicted octanol–water partition coefficient (Wildman–Crippen LogP) is 0.244. The molecule has 35 heavy (non-hydrogen) atoms. The lowest BCUT2D eigenvalue weighted by atomic mass is 10.1. The zero-order chi connectivity index (χ0) is 25.2. The highest BCUT2D eigenvalue weighted by molar-refractivity contribution is 6.01. The number of nitrogens with two attached hydrogens (primary N) is 2. The molecule has 1 fully saturated rings. The van der Waals surface area contributed by atoms with Gasteiger partial charge in [-0.05, 0) is 43.2 Å². The van der Waals surface area contributed by atoms with Gasteiger partial charge >= 0.3 is 0 Å². The van der Waals surface area contributed by atoms with E-state index in [1.807, 2.05) is 0 Å². The van der Waals surface area contributed by atoms with E-state index in [4.69, 9.17) is 20.9 Å². The quantitative estimate of drug-likeness (QED) is 0.211. The molecule has 1 aliphatic rings. The topological polar surface area (TPSA) is 174 Å². The maximum atomic E-state index is 13.0. The first-order chi connectivity index (χ1) is 16.9. The van der Waals surface area contributed by atoms with E-state index in [0.717, 1.165) is 0 Å². The van der Waals surface area contributed by atoms with Gasteiger partial charge in [-0.1, -0.05) is 0 Å². The molecule has 2 heterocycles. The minimum Gasteiger partial charge on any atom is -0.481 e. The molecule has 12 heteroatoms. The summed E-state index contributed by atoms with van der Waals surface area (Å²) in [7, 11) is 1.48. The molecule has 1 atom stereocenters. The van der Waals surface area contributed by atoms with Crippen LogP contribution in [0.25, 0.3) is 0 Å². The number of aliphatic imine (C=N–C) groups is 1. The molecule has 6 N–H and O–H groups in total. The van der Waals surface area contributed by atoms with E-state index in [2.05, 4.69) is 20.6 Å². The van der Waals surface area contributed by atoms with Crippen LogP contribution in [0.1, 0.15) is 23.2 Å². The van der Waals surface area contributed by atoms with Gasteiger partial charge in [0.05, 0.1) is 19.3 Å². The largest absolute Gasteiger partial charge is 0.481 e. The van der Waals surface area contributed by atoms with Crippen LogP contribution < -0.4 is 31.7 Å². The van der Waals surface area contributed by atoms with Gasteiger partial charge in [0.15, 0.2) is 5.96 Å². The number of anilines is 2. The van der Waals surface area contributed by atoms with Crippen LogP contribution in [0.3, 0.4) is 0 Å². The number of guanidine groups is 1. The molecule has 12 nitrogen and oxygen atoms in total. The van der Waals surface area contributed by atoms with Gasteiger partial charge in [0.2, 0.25) is 11.8 Å². The lowest BCUT2D eigenvalue weighted by molar-refractivity contribution is -0.125. The number of ether oxygens (including phenoxy) is 2. The summed E-state index contributed by atoms with van der Waals surface area (Å²) in [5.41, 5.74) is 12.2. The molecule has 1 aliphatic heterocycles. The van der Waals surface area contributed by atoms with Crippen LogP contribution in [-0.2, 0) is 14.3 Å². The van der Waals surface area contributed by atoms with Crippen molar-refractivity contribution in [2.24, 2.45) is 16.5 Å². The van der Waals surface area contributed by atoms with Crippen LogP contribution in [0.15, 0.2) is 47.6 Å². The van der Waals surface area contributed by atoms with Crippen LogP contribution >= 0.6 is 0 Å². The Bertz CT molecular complexity index is 1050. The molecule has 0 bridgehead atoms. The highest BCUT2D eigenvalue weighted by atomic mass is 16.5. The second-order valence-corrected chi connectivity index (χ2v) is 7.70. The molecule has 186 valence electrons. The van der Waals surface area contributed by atoms with Crippen molar-refractivity contribution < 1.29 is 23.9 Å². The standard InChI is InChI=1S/C23H29N7O5/c1-34-19-9-4-15(13-27-19)21(32)29-18(3-2-10-26-23(24)25)22(33)28-16-5-7-17(8-6-16)30-11-12-35-14-20(30)31/h4-9,13,18H,2-3,10-12,14H2,1H3,(H,28,33)(H,29,32)(H4,24,25,26)/t18-/m0/s1. The highest BCUT2D eigenvalue weighted by Gasteiger charge is 2.23. The second-order valence-electron chi connectivity index (χ2n) is 7.70. The number of carbonyl (C=O) groups is 3. The van der Waals surface area contributed by atoms with Gasteiger partial charge in [-0.25, -0.2) is 4.98 Å². The number of benzene rings is 1. The average Bonchev–Trinajstić information content (AvgIpc) is 2.86. The van der Waals surface area contributed by atoms with Gasteiger partial charge in [0, 0.05) is 36.7 Å². The van der Waals surface area contributed by atoms with Crippen molar-refractivity contribution in [1.29, 1.82) is 0 Å². The van der Waals surface area contributed by atoms with Crippen molar-refractivity contribution in [2.75, 3.05) is 43.6 Å². The number of hydrogen-bond acceptors (Lipinski definition) is 7. The number of amides is 3. The fourth-order valence-electron chi connectivity index (χ4n) is 3.39. The molecule has 1 aromatic carbocycles. The molecule has 2 aromatic rings. The second kappa shape index (κ2) is 12.3. The smallest absolute Gasteiger partial charge is 0.253 e. The zero-order valence-corrected chi connectivity index (χ0v) is 19.4. The number of methoxy groups -OCH3 is 1. The molecule has 1 saturated heterocycles. The number of hydrogen-bond donors (Lipinski definition) is 4. The van der Waals surface area contributed by atoms with Crippen LogP contribution in [0.4, 0.5) is 11.4 Å². The molecule has 0 spiro atoms. The monoisotopic (exact) mass is 483 g/mol. The Balaban J connectivity index is 1.67. The van der Waals surface area contributed by atoms with Crippen molar-refractivity contribution in [1.82, 2.24) is 10.3 Å². The summed E-state index contributed by atoms with van der Waals surface area (Å²) >= 11 is 0. The average molecular weight is 484 g/mol. The van der Waals surface area contributed by atoms with Crippen molar-refractivity contribution in [3.8, 4) is 5.88 Å². The summed E-state index contributed by atoms with van der Waals surface area (Å²) in [6.07, 6.45) is 2.14. The van der Waals surface area contributed by atoms with E-state index in [0.29, 0.717) is 49.8 Å². The van der Waals surface area contributed by atoms with Gasteiger partial charge in [-0.3, -0.25) is 19.4 Å². The number of aromatic nitrogens is 1. The summed E-state index contributed by atoms with van der Waals surface area (Å²) in [5, 5.41) is 5.54. The third-order valence-corrected chi connectivity index (χ3v) is 5.21. The molecule has 3 rings (SSSR count). The minimum atomic E-state index is -0.848. The van der Waals surface area contributed by atoms with Gasteiger partial charge in [-0.2, -0.15) is 0 Å². The van der Waals surface area contributed by atoms with Crippen LogP contribution in [0, 0.1) is 0 Å².